The lowest BCUT2D eigenvalue weighted by Crippen LogP contribution is -2.45. The van der Waals surface area contributed by atoms with Gasteiger partial charge in [0.15, 0.2) is 0 Å². The molecule has 1 saturated heterocycles. The first-order valence-electron chi connectivity index (χ1n) is 6.45. The normalized spacial score (nSPS) is 32.3. The zero-order chi connectivity index (χ0) is 11.4. The van der Waals surface area contributed by atoms with Crippen molar-refractivity contribution in [1.29, 1.82) is 0 Å². The molecule has 1 saturated carbocycles. The number of rotatable bonds is 2. The third-order valence-electron chi connectivity index (χ3n) is 3.70. The van der Waals surface area contributed by atoms with Crippen LogP contribution in [0, 0.1) is 5.92 Å². The molecular weight excluding hydrogens is 204 g/mol. The van der Waals surface area contributed by atoms with E-state index in [2.05, 4.69) is 10.6 Å². The molecule has 0 aromatic carbocycles. The molecule has 0 aromatic heterocycles. The maximum absolute atomic E-state index is 12.0. The van der Waals surface area contributed by atoms with Crippen LogP contribution in [0.4, 0.5) is 0 Å². The van der Waals surface area contributed by atoms with Crippen LogP contribution in [0.1, 0.15) is 38.5 Å². The third-order valence-corrected chi connectivity index (χ3v) is 3.70. The van der Waals surface area contributed by atoms with Crippen LogP contribution < -0.4 is 10.6 Å². The van der Waals surface area contributed by atoms with Gasteiger partial charge in [-0.1, -0.05) is 6.42 Å². The third kappa shape index (κ3) is 3.19. The molecule has 1 heterocycles. The quantitative estimate of drug-likeness (QED) is 0.639. The zero-order valence-electron chi connectivity index (χ0n) is 9.74. The Bertz CT molecular complexity index is 239. The number of carbonyl (C=O) groups is 1. The fourth-order valence-corrected chi connectivity index (χ4v) is 2.69. The number of carbonyl (C=O) groups excluding carboxylic acids is 1. The van der Waals surface area contributed by atoms with E-state index in [9.17, 15) is 9.90 Å². The Labute approximate surface area is 96.8 Å². The Hall–Kier alpha value is -0.610. The summed E-state index contributed by atoms with van der Waals surface area (Å²) in [5.74, 6) is 0.198. The highest BCUT2D eigenvalue weighted by atomic mass is 16.3. The van der Waals surface area contributed by atoms with Gasteiger partial charge in [0.05, 0.1) is 6.10 Å². The number of amides is 1. The molecule has 16 heavy (non-hydrogen) atoms. The number of aliphatic hydroxyl groups excluding tert-OH is 1. The highest BCUT2D eigenvalue weighted by molar-refractivity contribution is 5.79. The van der Waals surface area contributed by atoms with E-state index < -0.39 is 0 Å². The SMILES string of the molecule is O=C(NC1CCNCC1)C1CCCC(O)C1. The monoisotopic (exact) mass is 226 g/mol. The van der Waals surface area contributed by atoms with Gasteiger partial charge in [-0.3, -0.25) is 4.79 Å². The van der Waals surface area contributed by atoms with Crippen LogP contribution in [0.25, 0.3) is 0 Å². The first-order chi connectivity index (χ1) is 7.75. The average molecular weight is 226 g/mol. The predicted octanol–water partition coefficient (Wildman–Crippen LogP) is 0.406. The maximum atomic E-state index is 12.0. The highest BCUT2D eigenvalue weighted by Crippen LogP contribution is 2.24. The molecule has 1 amide bonds. The van der Waals surface area contributed by atoms with Gasteiger partial charge in [0.2, 0.25) is 5.91 Å². The van der Waals surface area contributed by atoms with Gasteiger partial charge in [0.1, 0.15) is 0 Å². The minimum atomic E-state index is -0.266. The van der Waals surface area contributed by atoms with Crippen molar-refractivity contribution in [2.75, 3.05) is 13.1 Å². The van der Waals surface area contributed by atoms with Crippen LogP contribution in [-0.2, 0) is 4.79 Å². The summed E-state index contributed by atoms with van der Waals surface area (Å²) in [7, 11) is 0. The zero-order valence-corrected chi connectivity index (χ0v) is 9.74. The van der Waals surface area contributed by atoms with Crippen molar-refractivity contribution >= 4 is 5.91 Å². The minimum Gasteiger partial charge on any atom is -0.393 e. The molecular formula is C12H22N2O2. The molecule has 2 unspecified atom stereocenters. The van der Waals surface area contributed by atoms with Crippen molar-refractivity contribution in [2.45, 2.75) is 50.7 Å². The summed E-state index contributed by atoms with van der Waals surface area (Å²) >= 11 is 0. The van der Waals surface area contributed by atoms with E-state index >= 15 is 0 Å². The summed E-state index contributed by atoms with van der Waals surface area (Å²) in [6.45, 7) is 2.00. The molecule has 2 aliphatic rings. The van der Waals surface area contributed by atoms with Gasteiger partial charge in [0.25, 0.3) is 0 Å². The van der Waals surface area contributed by atoms with Gasteiger partial charge in [0, 0.05) is 12.0 Å². The molecule has 0 spiro atoms. The van der Waals surface area contributed by atoms with Gasteiger partial charge < -0.3 is 15.7 Å². The molecule has 2 atom stereocenters. The van der Waals surface area contributed by atoms with E-state index in [0.717, 1.165) is 45.2 Å². The molecule has 0 aromatic rings. The van der Waals surface area contributed by atoms with Crippen LogP contribution in [0.3, 0.4) is 0 Å². The number of hydrogen-bond donors (Lipinski definition) is 3. The predicted molar refractivity (Wildman–Crippen MR) is 62.0 cm³/mol. The summed E-state index contributed by atoms with van der Waals surface area (Å²) in [6.07, 6.45) is 5.22. The van der Waals surface area contributed by atoms with Crippen LogP contribution in [0.5, 0.6) is 0 Å². The lowest BCUT2D eigenvalue weighted by molar-refractivity contribution is -0.128. The maximum Gasteiger partial charge on any atom is 0.223 e. The van der Waals surface area contributed by atoms with E-state index in [4.69, 9.17) is 0 Å². The second-order valence-corrected chi connectivity index (χ2v) is 5.05. The van der Waals surface area contributed by atoms with E-state index in [1.54, 1.807) is 0 Å². The number of aliphatic hydroxyl groups is 1. The average Bonchev–Trinajstić information content (AvgIpc) is 2.30. The minimum absolute atomic E-state index is 0.0404. The molecule has 4 heteroatoms. The number of hydrogen-bond acceptors (Lipinski definition) is 3. The molecule has 4 nitrogen and oxygen atoms in total. The number of nitrogens with one attached hydrogen (secondary N) is 2. The summed E-state index contributed by atoms with van der Waals surface area (Å²) in [5, 5.41) is 15.9. The summed E-state index contributed by atoms with van der Waals surface area (Å²) in [4.78, 5) is 12.0. The van der Waals surface area contributed by atoms with Gasteiger partial charge in [-0.05, 0) is 45.2 Å². The molecule has 2 rings (SSSR count). The van der Waals surface area contributed by atoms with Gasteiger partial charge >= 0.3 is 0 Å². The molecule has 2 fully saturated rings. The van der Waals surface area contributed by atoms with Gasteiger partial charge in [-0.2, -0.15) is 0 Å². The van der Waals surface area contributed by atoms with Crippen molar-refractivity contribution in [2.24, 2.45) is 5.92 Å². The Kier molecular flexibility index (Phi) is 4.18. The van der Waals surface area contributed by atoms with E-state index in [1.165, 1.54) is 0 Å². The second kappa shape index (κ2) is 5.64. The lowest BCUT2D eigenvalue weighted by Gasteiger charge is -2.29. The first-order valence-corrected chi connectivity index (χ1v) is 6.45. The standard InChI is InChI=1S/C12H22N2O2/c15-11-3-1-2-9(8-11)12(16)14-10-4-6-13-7-5-10/h9-11,13,15H,1-8H2,(H,14,16). The molecule has 1 aliphatic heterocycles. The fourth-order valence-electron chi connectivity index (χ4n) is 2.69. The van der Waals surface area contributed by atoms with E-state index in [-0.39, 0.29) is 17.9 Å². The molecule has 1 aliphatic carbocycles. The summed E-state index contributed by atoms with van der Waals surface area (Å²) < 4.78 is 0. The van der Waals surface area contributed by atoms with Crippen molar-refractivity contribution in [3.8, 4) is 0 Å². The van der Waals surface area contributed by atoms with Crippen LogP contribution in [0.2, 0.25) is 0 Å². The van der Waals surface area contributed by atoms with E-state index in [0.29, 0.717) is 12.5 Å². The van der Waals surface area contributed by atoms with Crippen LogP contribution in [0.15, 0.2) is 0 Å². The molecule has 3 N–H and O–H groups in total. The Balaban J connectivity index is 1.77. The second-order valence-electron chi connectivity index (χ2n) is 5.05. The van der Waals surface area contributed by atoms with Crippen molar-refractivity contribution < 1.29 is 9.90 Å². The first kappa shape index (κ1) is 11.9. The smallest absolute Gasteiger partial charge is 0.223 e. The van der Waals surface area contributed by atoms with Crippen LogP contribution >= 0.6 is 0 Å². The summed E-state index contributed by atoms with van der Waals surface area (Å²) in [6, 6.07) is 0.341. The highest BCUT2D eigenvalue weighted by Gasteiger charge is 2.27. The Morgan fingerprint density at radius 1 is 1.19 bits per heavy atom. The fraction of sp³-hybridized carbons (Fsp3) is 0.917. The van der Waals surface area contributed by atoms with Gasteiger partial charge in [-0.25, -0.2) is 0 Å². The number of piperidine rings is 1. The summed E-state index contributed by atoms with van der Waals surface area (Å²) in [5.41, 5.74) is 0. The lowest BCUT2D eigenvalue weighted by atomic mass is 9.86. The molecule has 0 radical (unpaired) electrons. The molecule has 0 bridgehead atoms. The van der Waals surface area contributed by atoms with Crippen LogP contribution in [-0.4, -0.2) is 36.2 Å². The van der Waals surface area contributed by atoms with Gasteiger partial charge in [-0.15, -0.1) is 0 Å². The van der Waals surface area contributed by atoms with Crippen molar-refractivity contribution in [3.63, 3.8) is 0 Å². The Morgan fingerprint density at radius 3 is 2.62 bits per heavy atom. The molecule has 92 valence electrons. The van der Waals surface area contributed by atoms with Crippen molar-refractivity contribution in [1.82, 2.24) is 10.6 Å². The van der Waals surface area contributed by atoms with Crippen molar-refractivity contribution in [3.05, 3.63) is 0 Å². The largest absolute Gasteiger partial charge is 0.393 e. The Morgan fingerprint density at radius 2 is 1.94 bits per heavy atom. The van der Waals surface area contributed by atoms with E-state index in [1.807, 2.05) is 0 Å². The topological polar surface area (TPSA) is 61.4 Å².